The van der Waals surface area contributed by atoms with Crippen molar-refractivity contribution in [1.82, 2.24) is 0 Å². The van der Waals surface area contributed by atoms with Crippen LogP contribution >= 0.6 is 0 Å². The van der Waals surface area contributed by atoms with Gasteiger partial charge in [0.15, 0.2) is 0 Å². The van der Waals surface area contributed by atoms with Crippen LogP contribution in [0.1, 0.15) is 38.5 Å². The SMILES string of the molecule is O=C(O)CCC(=O)O.O=C(O)CCC(=O)O.O=C([O-])CCC(=O)[O-].[Li+].[Li+]. The molecule has 0 heterocycles. The summed E-state index contributed by atoms with van der Waals surface area (Å²) >= 11 is 0. The molecule has 0 amide bonds. The summed E-state index contributed by atoms with van der Waals surface area (Å²) in [7, 11) is 0. The van der Waals surface area contributed by atoms with Crippen LogP contribution in [0.3, 0.4) is 0 Å². The molecule has 0 saturated heterocycles. The van der Waals surface area contributed by atoms with E-state index in [9.17, 15) is 39.0 Å². The Bertz CT molecular complexity index is 355. The molecule has 0 spiro atoms. The van der Waals surface area contributed by atoms with Gasteiger partial charge in [0.1, 0.15) is 0 Å². The van der Waals surface area contributed by atoms with Crippen molar-refractivity contribution < 1.29 is 97.1 Å². The van der Waals surface area contributed by atoms with E-state index in [0.29, 0.717) is 0 Å². The Hall–Kier alpha value is -1.99. The Morgan fingerprint density at radius 3 is 0.692 bits per heavy atom. The van der Waals surface area contributed by atoms with Crippen molar-refractivity contribution >= 4 is 35.8 Å². The number of rotatable bonds is 9. The molecule has 138 valence electrons. The van der Waals surface area contributed by atoms with Crippen LogP contribution in [0.15, 0.2) is 0 Å². The smallest absolute Gasteiger partial charge is 0.550 e. The first-order chi connectivity index (χ1) is 10.9. The van der Waals surface area contributed by atoms with E-state index < -0.39 is 48.7 Å². The minimum atomic E-state index is -1.37. The zero-order chi connectivity index (χ0) is 19.7. The first-order valence-electron chi connectivity index (χ1n) is 6.15. The third-order valence-electron chi connectivity index (χ3n) is 1.64. The fourth-order valence-corrected chi connectivity index (χ4v) is 0.632. The summed E-state index contributed by atoms with van der Waals surface area (Å²) in [5, 5.41) is 50.6. The zero-order valence-electron chi connectivity index (χ0n) is 14.3. The number of hydrogen-bond acceptors (Lipinski definition) is 8. The quantitative estimate of drug-likeness (QED) is 0.279. The van der Waals surface area contributed by atoms with E-state index in [-0.39, 0.29) is 63.4 Å². The summed E-state index contributed by atoms with van der Waals surface area (Å²) in [5.74, 6) is -7.04. The second-order valence-electron chi connectivity index (χ2n) is 3.82. The maximum absolute atomic E-state index is 9.64. The van der Waals surface area contributed by atoms with Crippen LogP contribution in [0.4, 0.5) is 0 Å². The molecule has 0 radical (unpaired) electrons. The second kappa shape index (κ2) is 23.0. The Balaban J connectivity index is -0.0000000817. The van der Waals surface area contributed by atoms with Crippen molar-refractivity contribution in [2.75, 3.05) is 0 Å². The molecule has 0 aromatic heterocycles. The van der Waals surface area contributed by atoms with Crippen molar-refractivity contribution in [3.63, 3.8) is 0 Å². The molecule has 0 aliphatic rings. The first kappa shape index (κ1) is 35.2. The van der Waals surface area contributed by atoms with Crippen molar-refractivity contribution in [3.05, 3.63) is 0 Å². The minimum absolute atomic E-state index is 0. The molecule has 26 heavy (non-hydrogen) atoms. The van der Waals surface area contributed by atoms with Crippen molar-refractivity contribution in [2.45, 2.75) is 38.5 Å². The van der Waals surface area contributed by atoms with Crippen molar-refractivity contribution in [3.8, 4) is 0 Å². The second-order valence-corrected chi connectivity index (χ2v) is 3.82. The van der Waals surface area contributed by atoms with Gasteiger partial charge in [0, 0.05) is 11.9 Å². The van der Waals surface area contributed by atoms with E-state index >= 15 is 0 Å². The Morgan fingerprint density at radius 1 is 0.462 bits per heavy atom. The van der Waals surface area contributed by atoms with Gasteiger partial charge in [-0.25, -0.2) is 0 Å². The van der Waals surface area contributed by atoms with E-state index in [2.05, 4.69) is 0 Å². The Morgan fingerprint density at radius 2 is 0.615 bits per heavy atom. The minimum Gasteiger partial charge on any atom is -0.550 e. The normalized spacial score (nSPS) is 7.85. The topological polar surface area (TPSA) is 229 Å². The summed E-state index contributed by atoms with van der Waals surface area (Å²) in [4.78, 5) is 57.6. The fraction of sp³-hybridized carbons (Fsp3) is 0.500. The third-order valence-corrected chi connectivity index (χ3v) is 1.64. The van der Waals surface area contributed by atoms with Gasteiger partial charge in [0.25, 0.3) is 0 Å². The number of carboxylic acid groups (broad SMARTS) is 6. The molecule has 0 atom stereocenters. The molecule has 4 N–H and O–H groups in total. The zero-order valence-corrected chi connectivity index (χ0v) is 14.3. The molecular formula is C12H16Li2O12. The first-order valence-corrected chi connectivity index (χ1v) is 6.15. The third kappa shape index (κ3) is 57.4. The predicted molar refractivity (Wildman–Crippen MR) is 68.3 cm³/mol. The van der Waals surface area contributed by atoms with Gasteiger partial charge in [0.05, 0.1) is 25.7 Å². The number of carbonyl (C=O) groups is 6. The molecule has 0 unspecified atom stereocenters. The van der Waals surface area contributed by atoms with Gasteiger partial charge >= 0.3 is 61.6 Å². The van der Waals surface area contributed by atoms with Crippen LogP contribution in [0, 0.1) is 0 Å². The summed E-state index contributed by atoms with van der Waals surface area (Å²) in [5.41, 5.74) is 0. The molecule has 0 bridgehead atoms. The van der Waals surface area contributed by atoms with Gasteiger partial charge in [-0.3, -0.25) is 19.2 Å². The van der Waals surface area contributed by atoms with Gasteiger partial charge in [-0.2, -0.15) is 0 Å². The maximum atomic E-state index is 9.64. The monoisotopic (exact) mass is 366 g/mol. The van der Waals surface area contributed by atoms with Crippen molar-refractivity contribution in [2.24, 2.45) is 0 Å². The molecule has 0 aliphatic carbocycles. The van der Waals surface area contributed by atoms with E-state index in [4.69, 9.17) is 20.4 Å². The molecule has 0 aromatic carbocycles. The molecule has 12 nitrogen and oxygen atoms in total. The van der Waals surface area contributed by atoms with Gasteiger partial charge in [-0.05, 0) is 12.8 Å². The Labute approximate surface area is 171 Å². The maximum Gasteiger partial charge on any atom is 1.00 e. The van der Waals surface area contributed by atoms with Gasteiger partial charge in [0.2, 0.25) is 0 Å². The molecule has 0 rings (SSSR count). The largest absolute Gasteiger partial charge is 1.00 e. The molecule has 14 heteroatoms. The number of carbonyl (C=O) groups excluding carboxylic acids is 2. The number of carboxylic acids is 6. The standard InChI is InChI=1S/3C4H6O4.2Li/c3*5-3(6)1-2-4(7)8;;/h3*1-2H2,(H,5,6)(H,7,8);;/q;;;2*+1/p-2. The van der Waals surface area contributed by atoms with Crippen molar-refractivity contribution in [1.29, 1.82) is 0 Å². The van der Waals surface area contributed by atoms with Crippen LogP contribution in [0.5, 0.6) is 0 Å². The summed E-state index contributed by atoms with van der Waals surface area (Å²) in [6.07, 6.45) is -2.13. The molecular weight excluding hydrogens is 350 g/mol. The van der Waals surface area contributed by atoms with Gasteiger partial charge < -0.3 is 40.2 Å². The summed E-state index contributed by atoms with van der Waals surface area (Å²) in [6.45, 7) is 0. The van der Waals surface area contributed by atoms with E-state index in [1.54, 1.807) is 0 Å². The molecule has 0 saturated carbocycles. The van der Waals surface area contributed by atoms with E-state index in [1.165, 1.54) is 0 Å². The summed E-state index contributed by atoms with van der Waals surface area (Å²) in [6, 6.07) is 0. The van der Waals surface area contributed by atoms with Crippen LogP contribution in [0.2, 0.25) is 0 Å². The molecule has 0 aromatic rings. The van der Waals surface area contributed by atoms with E-state index in [1.807, 2.05) is 0 Å². The van der Waals surface area contributed by atoms with Gasteiger partial charge in [-0.1, -0.05) is 0 Å². The average Bonchev–Trinajstić information content (AvgIpc) is 2.42. The van der Waals surface area contributed by atoms with E-state index in [0.717, 1.165) is 0 Å². The van der Waals surface area contributed by atoms with Crippen LogP contribution in [-0.2, 0) is 28.8 Å². The van der Waals surface area contributed by atoms with Crippen LogP contribution < -0.4 is 47.9 Å². The molecule has 0 aliphatic heterocycles. The summed E-state index contributed by atoms with van der Waals surface area (Å²) < 4.78 is 0. The number of aliphatic carboxylic acids is 6. The molecule has 0 fully saturated rings. The predicted octanol–water partition coefficient (Wildman–Crippen LogP) is -8.85. The fourth-order valence-electron chi connectivity index (χ4n) is 0.632. The van der Waals surface area contributed by atoms with Gasteiger partial charge in [-0.15, -0.1) is 0 Å². The van der Waals surface area contributed by atoms with Crippen LogP contribution in [-0.4, -0.2) is 56.2 Å². The average molecular weight is 366 g/mol. The van der Waals surface area contributed by atoms with Crippen LogP contribution in [0.25, 0.3) is 0 Å². The Kier molecular flexibility index (Phi) is 31.1. The number of hydrogen-bond donors (Lipinski definition) is 4.